The molecule has 1 spiro atoms. The van der Waals surface area contributed by atoms with Gasteiger partial charge in [0.1, 0.15) is 11.4 Å². The van der Waals surface area contributed by atoms with Crippen LogP contribution in [0.2, 0.25) is 0 Å². The van der Waals surface area contributed by atoms with Crippen molar-refractivity contribution in [3.63, 3.8) is 0 Å². The van der Waals surface area contributed by atoms with Crippen molar-refractivity contribution in [2.75, 3.05) is 6.54 Å². The van der Waals surface area contributed by atoms with Gasteiger partial charge in [-0.3, -0.25) is 9.59 Å². The largest absolute Gasteiger partial charge is 0.360 e. The molecule has 7 heteroatoms. The van der Waals surface area contributed by atoms with Crippen molar-refractivity contribution in [3.8, 4) is 0 Å². The molecule has 1 N–H and O–H groups in total. The highest BCUT2D eigenvalue weighted by Crippen LogP contribution is 2.53. The van der Waals surface area contributed by atoms with E-state index in [2.05, 4.69) is 16.8 Å². The average molecular weight is 421 g/mol. The van der Waals surface area contributed by atoms with Crippen LogP contribution in [0.3, 0.4) is 0 Å². The Morgan fingerprint density at radius 3 is 2.90 bits per heavy atom. The van der Waals surface area contributed by atoms with Crippen LogP contribution in [0.25, 0.3) is 11.0 Å². The highest BCUT2D eigenvalue weighted by molar-refractivity contribution is 5.93. The summed E-state index contributed by atoms with van der Waals surface area (Å²) in [5, 5.41) is 3.07. The van der Waals surface area contributed by atoms with Gasteiger partial charge in [-0.1, -0.05) is 37.1 Å². The molecular formula is C24H28N4O3. The number of carbonyl (C=O) groups is 2. The second kappa shape index (κ2) is 6.92. The number of carbonyl (C=O) groups excluding carboxylic acids is 2. The van der Waals surface area contributed by atoms with E-state index in [0.29, 0.717) is 19.1 Å². The van der Waals surface area contributed by atoms with Gasteiger partial charge in [0.05, 0.1) is 42.1 Å². The molecule has 1 aromatic heterocycles. The monoisotopic (exact) mass is 420 g/mol. The number of hydrogen-bond donors (Lipinski definition) is 1. The van der Waals surface area contributed by atoms with Crippen LogP contribution in [0.15, 0.2) is 36.4 Å². The van der Waals surface area contributed by atoms with Gasteiger partial charge in [-0.05, 0) is 31.9 Å². The lowest BCUT2D eigenvalue weighted by Gasteiger charge is -2.27. The normalized spacial score (nSPS) is 31.8. The molecule has 4 heterocycles. The van der Waals surface area contributed by atoms with E-state index in [9.17, 15) is 9.59 Å². The number of fused-ring (bicyclic) bond motifs is 2. The summed E-state index contributed by atoms with van der Waals surface area (Å²) in [5.41, 5.74) is 1.37. The maximum atomic E-state index is 13.4. The fraction of sp³-hybridized carbons (Fsp3) is 0.542. The van der Waals surface area contributed by atoms with Crippen molar-refractivity contribution in [3.05, 3.63) is 42.2 Å². The number of amides is 2. The number of aryl methyl sites for hydroxylation is 1. The van der Waals surface area contributed by atoms with E-state index in [4.69, 9.17) is 9.72 Å². The van der Waals surface area contributed by atoms with Gasteiger partial charge in [0.15, 0.2) is 0 Å². The second-order valence-electron chi connectivity index (χ2n) is 9.28. The SMILES string of the molecule is CCn1c(CNC(=O)[C@H]2[C@H]3C=C[C@@]4(CN(C5CCCC5)C(=O)[C@@H]24)O3)nc2ccccc21. The summed E-state index contributed by atoms with van der Waals surface area (Å²) in [4.78, 5) is 33.4. The Morgan fingerprint density at radius 2 is 2.10 bits per heavy atom. The van der Waals surface area contributed by atoms with Crippen LogP contribution in [0.1, 0.15) is 38.4 Å². The molecule has 4 aliphatic rings. The van der Waals surface area contributed by atoms with Gasteiger partial charge < -0.3 is 19.5 Å². The molecule has 3 aliphatic heterocycles. The molecule has 0 unspecified atom stereocenters. The lowest BCUT2D eigenvalue weighted by molar-refractivity contribution is -0.138. The molecule has 31 heavy (non-hydrogen) atoms. The standard InChI is InChI=1S/C24H28N4O3/c1-2-27-17-10-6-5-9-16(17)26-19(27)13-25-22(29)20-18-11-12-24(31-18)14-28(23(30)21(20)24)15-7-3-4-8-15/h5-6,9-12,15,18,20-21H,2-4,7-8,13-14H2,1H3,(H,25,29)/t18-,20+,21-,24+/m1/s1. The van der Waals surface area contributed by atoms with Gasteiger partial charge >= 0.3 is 0 Å². The zero-order valence-corrected chi connectivity index (χ0v) is 17.8. The van der Waals surface area contributed by atoms with Crippen molar-refractivity contribution in [2.45, 2.75) is 63.4 Å². The fourth-order valence-electron chi connectivity index (χ4n) is 6.25. The van der Waals surface area contributed by atoms with Gasteiger partial charge in [0, 0.05) is 12.6 Å². The van der Waals surface area contributed by atoms with Gasteiger partial charge in [0.2, 0.25) is 11.8 Å². The third kappa shape index (κ3) is 2.72. The summed E-state index contributed by atoms with van der Waals surface area (Å²) in [6, 6.07) is 8.30. The van der Waals surface area contributed by atoms with Crippen LogP contribution in [0.5, 0.6) is 0 Å². The van der Waals surface area contributed by atoms with E-state index >= 15 is 0 Å². The Morgan fingerprint density at radius 1 is 1.29 bits per heavy atom. The minimum Gasteiger partial charge on any atom is -0.360 e. The van der Waals surface area contributed by atoms with Gasteiger partial charge in [-0.2, -0.15) is 0 Å². The third-order valence-electron chi connectivity index (χ3n) is 7.67. The zero-order valence-electron chi connectivity index (χ0n) is 17.8. The molecule has 6 rings (SSSR count). The number of nitrogens with zero attached hydrogens (tertiary/aromatic N) is 3. The minimum absolute atomic E-state index is 0.0969. The van der Waals surface area contributed by atoms with E-state index in [0.717, 1.165) is 36.2 Å². The molecular weight excluding hydrogens is 392 g/mol. The van der Waals surface area contributed by atoms with E-state index in [-0.39, 0.29) is 17.9 Å². The van der Waals surface area contributed by atoms with Crippen LogP contribution < -0.4 is 5.32 Å². The topological polar surface area (TPSA) is 76.5 Å². The fourth-order valence-corrected chi connectivity index (χ4v) is 6.25. The number of benzene rings is 1. The summed E-state index contributed by atoms with van der Waals surface area (Å²) in [5.74, 6) is -0.0644. The Balaban J connectivity index is 1.22. The van der Waals surface area contributed by atoms with Gasteiger partial charge in [-0.15, -0.1) is 0 Å². The highest BCUT2D eigenvalue weighted by Gasteiger charge is 2.67. The van der Waals surface area contributed by atoms with Crippen molar-refractivity contribution in [1.82, 2.24) is 19.8 Å². The number of likely N-dealkylation sites (tertiary alicyclic amines) is 1. The number of aromatic nitrogens is 2. The second-order valence-corrected chi connectivity index (χ2v) is 9.28. The van der Waals surface area contributed by atoms with Crippen molar-refractivity contribution in [1.29, 1.82) is 0 Å². The first kappa shape index (κ1) is 19.0. The smallest absolute Gasteiger partial charge is 0.230 e. The van der Waals surface area contributed by atoms with E-state index in [1.807, 2.05) is 41.3 Å². The number of para-hydroxylation sites is 2. The van der Waals surface area contributed by atoms with Crippen LogP contribution in [0, 0.1) is 11.8 Å². The van der Waals surface area contributed by atoms with E-state index in [1.54, 1.807) is 0 Å². The quantitative estimate of drug-likeness (QED) is 0.754. The van der Waals surface area contributed by atoms with Crippen LogP contribution in [-0.4, -0.2) is 50.6 Å². The van der Waals surface area contributed by atoms with Crippen molar-refractivity contribution >= 4 is 22.8 Å². The maximum absolute atomic E-state index is 13.4. The highest BCUT2D eigenvalue weighted by atomic mass is 16.5. The predicted octanol–water partition coefficient (Wildman–Crippen LogP) is 2.40. The molecule has 3 fully saturated rings. The summed E-state index contributed by atoms with van der Waals surface area (Å²) in [7, 11) is 0. The van der Waals surface area contributed by atoms with Gasteiger partial charge in [-0.25, -0.2) is 4.98 Å². The molecule has 2 bridgehead atoms. The summed E-state index contributed by atoms with van der Waals surface area (Å²) in [6.07, 6.45) is 8.17. The number of rotatable bonds is 5. The molecule has 0 radical (unpaired) electrons. The first-order valence-electron chi connectivity index (χ1n) is 11.5. The summed E-state index contributed by atoms with van der Waals surface area (Å²) < 4.78 is 8.39. The number of hydrogen-bond acceptors (Lipinski definition) is 4. The minimum atomic E-state index is -0.622. The molecule has 2 aromatic rings. The first-order chi connectivity index (χ1) is 15.1. The average Bonchev–Trinajstić information content (AvgIpc) is 3.57. The number of nitrogens with one attached hydrogen (secondary N) is 1. The van der Waals surface area contributed by atoms with Crippen LogP contribution >= 0.6 is 0 Å². The Hall–Kier alpha value is -2.67. The van der Waals surface area contributed by atoms with Crippen LogP contribution in [0.4, 0.5) is 0 Å². The lowest BCUT2D eigenvalue weighted by Crippen LogP contribution is -2.44. The molecule has 1 aromatic carbocycles. The maximum Gasteiger partial charge on any atom is 0.230 e. The number of imidazole rings is 1. The molecule has 1 aliphatic carbocycles. The van der Waals surface area contributed by atoms with Crippen LogP contribution in [-0.2, 0) is 27.4 Å². The molecule has 2 saturated heterocycles. The van der Waals surface area contributed by atoms with E-state index < -0.39 is 17.4 Å². The Labute approximate surface area is 181 Å². The van der Waals surface area contributed by atoms with Crippen molar-refractivity contribution in [2.24, 2.45) is 11.8 Å². The lowest BCUT2D eigenvalue weighted by atomic mass is 9.77. The van der Waals surface area contributed by atoms with Crippen molar-refractivity contribution < 1.29 is 14.3 Å². The zero-order chi connectivity index (χ0) is 21.2. The predicted molar refractivity (Wildman–Crippen MR) is 115 cm³/mol. The third-order valence-corrected chi connectivity index (χ3v) is 7.67. The number of ether oxygens (including phenoxy) is 1. The first-order valence-corrected chi connectivity index (χ1v) is 11.5. The molecule has 162 valence electrons. The molecule has 4 atom stereocenters. The molecule has 1 saturated carbocycles. The molecule has 7 nitrogen and oxygen atoms in total. The Kier molecular flexibility index (Phi) is 4.25. The molecule has 2 amide bonds. The van der Waals surface area contributed by atoms with E-state index in [1.165, 1.54) is 12.8 Å². The summed E-state index contributed by atoms with van der Waals surface area (Å²) in [6.45, 7) is 3.79. The summed E-state index contributed by atoms with van der Waals surface area (Å²) >= 11 is 0. The van der Waals surface area contributed by atoms with Gasteiger partial charge in [0.25, 0.3) is 0 Å². The Bertz CT molecular complexity index is 1090.